The van der Waals surface area contributed by atoms with Crippen molar-refractivity contribution in [2.24, 2.45) is 0 Å². The number of phenolic OH excluding ortho intramolecular Hbond substituents is 1. The van der Waals surface area contributed by atoms with Gasteiger partial charge in [-0.2, -0.15) is 0 Å². The number of benzene rings is 1. The Hall–Kier alpha value is -1.48. The fraction of sp³-hybridized carbons (Fsp3) is 0.429. The summed E-state index contributed by atoms with van der Waals surface area (Å²) in [6.07, 6.45) is -0.653. The van der Waals surface area contributed by atoms with E-state index in [2.05, 4.69) is 18.4 Å². The molecule has 1 unspecified atom stereocenters. The molecule has 0 saturated heterocycles. The first kappa shape index (κ1) is 13.6. The zero-order chi connectivity index (χ0) is 13.0. The van der Waals surface area contributed by atoms with Crippen LogP contribution in [0.3, 0.4) is 0 Å². The molecule has 2 N–H and O–H groups in total. The Morgan fingerprint density at radius 2 is 2.12 bits per heavy atom. The molecule has 0 aliphatic heterocycles. The maximum absolute atomic E-state index is 9.83. The molecule has 0 aliphatic carbocycles. The molecule has 0 aliphatic rings. The summed E-state index contributed by atoms with van der Waals surface area (Å²) >= 11 is 0. The van der Waals surface area contributed by atoms with Gasteiger partial charge in [0, 0.05) is 30.4 Å². The molecule has 0 amide bonds. The third-order valence-electron chi connectivity index (χ3n) is 2.67. The molecule has 0 heterocycles. The molecule has 0 bridgehead atoms. The van der Waals surface area contributed by atoms with Gasteiger partial charge < -0.3 is 15.1 Å². The summed E-state index contributed by atoms with van der Waals surface area (Å²) in [6.45, 7) is 11.2. The molecule has 0 radical (unpaired) electrons. The largest absolute Gasteiger partial charge is 0.507 e. The second kappa shape index (κ2) is 5.73. The number of aliphatic hydroxyl groups excluding tert-OH is 1. The Balaban J connectivity index is 2.98. The number of aliphatic hydroxyl groups is 1. The van der Waals surface area contributed by atoms with Crippen LogP contribution in [0.25, 0.3) is 0 Å². The zero-order valence-electron chi connectivity index (χ0n) is 10.8. The Morgan fingerprint density at radius 3 is 2.53 bits per heavy atom. The summed E-state index contributed by atoms with van der Waals surface area (Å²) in [7, 11) is 0. The minimum Gasteiger partial charge on any atom is -0.507 e. The van der Waals surface area contributed by atoms with Crippen molar-refractivity contribution >= 4 is 5.69 Å². The number of aromatic hydroxyl groups is 1. The van der Waals surface area contributed by atoms with E-state index < -0.39 is 6.10 Å². The summed E-state index contributed by atoms with van der Waals surface area (Å²) in [4.78, 5) is 2.12. The standard InChI is InChI=1S/C14H21NO2/c1-5-15(9-10(2)3)12-6-7-13(11(4)16)14(17)8-12/h6-8,11,16-17H,2,5,9H2,1,3-4H3. The van der Waals surface area contributed by atoms with Crippen LogP contribution in [0.2, 0.25) is 0 Å². The van der Waals surface area contributed by atoms with Crippen molar-refractivity contribution in [3.05, 3.63) is 35.9 Å². The van der Waals surface area contributed by atoms with E-state index in [0.29, 0.717) is 5.56 Å². The molecule has 1 aromatic carbocycles. The molecule has 17 heavy (non-hydrogen) atoms. The number of hydrogen-bond donors (Lipinski definition) is 2. The first-order valence-electron chi connectivity index (χ1n) is 5.86. The smallest absolute Gasteiger partial charge is 0.123 e. The van der Waals surface area contributed by atoms with Crippen LogP contribution in [0.5, 0.6) is 5.75 Å². The Labute approximate surface area is 103 Å². The van der Waals surface area contributed by atoms with Gasteiger partial charge in [-0.3, -0.25) is 0 Å². The van der Waals surface area contributed by atoms with Gasteiger partial charge in [-0.1, -0.05) is 18.2 Å². The van der Waals surface area contributed by atoms with Crippen molar-refractivity contribution in [2.45, 2.75) is 26.9 Å². The highest BCUT2D eigenvalue weighted by molar-refractivity contribution is 5.54. The van der Waals surface area contributed by atoms with Gasteiger partial charge in [0.1, 0.15) is 5.75 Å². The summed E-state index contributed by atoms with van der Waals surface area (Å²) in [6, 6.07) is 5.36. The van der Waals surface area contributed by atoms with Gasteiger partial charge in [-0.05, 0) is 26.8 Å². The summed E-state index contributed by atoms with van der Waals surface area (Å²) < 4.78 is 0. The number of hydrogen-bond acceptors (Lipinski definition) is 3. The van der Waals surface area contributed by atoms with Gasteiger partial charge in [0.2, 0.25) is 0 Å². The lowest BCUT2D eigenvalue weighted by molar-refractivity contribution is 0.195. The van der Waals surface area contributed by atoms with E-state index in [1.165, 1.54) is 0 Å². The average Bonchev–Trinajstić information content (AvgIpc) is 2.24. The Morgan fingerprint density at radius 1 is 1.47 bits per heavy atom. The maximum atomic E-state index is 9.83. The van der Waals surface area contributed by atoms with Crippen LogP contribution in [-0.2, 0) is 0 Å². The van der Waals surface area contributed by atoms with Crippen molar-refractivity contribution in [1.82, 2.24) is 0 Å². The fourth-order valence-electron chi connectivity index (χ4n) is 1.79. The minimum absolute atomic E-state index is 0.137. The van der Waals surface area contributed by atoms with Crippen LogP contribution in [0, 0.1) is 0 Å². The molecule has 1 atom stereocenters. The SMILES string of the molecule is C=C(C)CN(CC)c1ccc(C(C)O)c(O)c1. The highest BCUT2D eigenvalue weighted by Gasteiger charge is 2.10. The molecule has 1 aromatic rings. The summed E-state index contributed by atoms with van der Waals surface area (Å²) in [5.41, 5.74) is 2.57. The minimum atomic E-state index is -0.653. The molecule has 0 spiro atoms. The monoisotopic (exact) mass is 235 g/mol. The van der Waals surface area contributed by atoms with Gasteiger partial charge in [0.15, 0.2) is 0 Å². The zero-order valence-corrected chi connectivity index (χ0v) is 10.8. The first-order valence-corrected chi connectivity index (χ1v) is 5.86. The molecule has 0 saturated carbocycles. The van der Waals surface area contributed by atoms with Gasteiger partial charge >= 0.3 is 0 Å². The van der Waals surface area contributed by atoms with E-state index in [1.807, 2.05) is 13.0 Å². The van der Waals surface area contributed by atoms with E-state index >= 15 is 0 Å². The highest BCUT2D eigenvalue weighted by atomic mass is 16.3. The van der Waals surface area contributed by atoms with Crippen LogP contribution < -0.4 is 4.90 Å². The summed E-state index contributed by atoms with van der Waals surface area (Å²) in [5.74, 6) is 0.137. The second-order valence-corrected chi connectivity index (χ2v) is 4.39. The van der Waals surface area contributed by atoms with Crippen LogP contribution >= 0.6 is 0 Å². The Bertz CT molecular complexity index is 399. The lowest BCUT2D eigenvalue weighted by Gasteiger charge is -2.24. The summed E-state index contributed by atoms with van der Waals surface area (Å²) in [5, 5.41) is 19.3. The lowest BCUT2D eigenvalue weighted by atomic mass is 10.1. The van der Waals surface area contributed by atoms with E-state index in [1.54, 1.807) is 19.1 Å². The lowest BCUT2D eigenvalue weighted by Crippen LogP contribution is -2.24. The van der Waals surface area contributed by atoms with Crippen molar-refractivity contribution in [1.29, 1.82) is 0 Å². The number of phenols is 1. The average molecular weight is 235 g/mol. The number of rotatable bonds is 5. The second-order valence-electron chi connectivity index (χ2n) is 4.39. The number of nitrogens with zero attached hydrogens (tertiary/aromatic N) is 1. The van der Waals surface area contributed by atoms with E-state index in [9.17, 15) is 10.2 Å². The third kappa shape index (κ3) is 3.49. The molecule has 0 fully saturated rings. The topological polar surface area (TPSA) is 43.7 Å². The van der Waals surface area contributed by atoms with Gasteiger partial charge in [-0.15, -0.1) is 0 Å². The molecule has 1 rings (SSSR count). The van der Waals surface area contributed by atoms with Crippen molar-refractivity contribution in [2.75, 3.05) is 18.0 Å². The molecular formula is C14H21NO2. The van der Waals surface area contributed by atoms with E-state index in [-0.39, 0.29) is 5.75 Å². The number of likely N-dealkylation sites (N-methyl/N-ethyl adjacent to an activating group) is 1. The Kier molecular flexibility index (Phi) is 4.58. The number of anilines is 1. The van der Waals surface area contributed by atoms with Crippen LogP contribution in [0.15, 0.2) is 30.4 Å². The fourth-order valence-corrected chi connectivity index (χ4v) is 1.79. The van der Waals surface area contributed by atoms with E-state index in [0.717, 1.165) is 24.4 Å². The van der Waals surface area contributed by atoms with Crippen LogP contribution in [0.1, 0.15) is 32.4 Å². The maximum Gasteiger partial charge on any atom is 0.123 e. The van der Waals surface area contributed by atoms with Crippen LogP contribution in [-0.4, -0.2) is 23.3 Å². The van der Waals surface area contributed by atoms with Crippen molar-refractivity contribution in [3.63, 3.8) is 0 Å². The molecular weight excluding hydrogens is 214 g/mol. The van der Waals surface area contributed by atoms with Gasteiger partial charge in [0.25, 0.3) is 0 Å². The highest BCUT2D eigenvalue weighted by Crippen LogP contribution is 2.29. The quantitative estimate of drug-likeness (QED) is 0.771. The normalized spacial score (nSPS) is 12.2. The predicted octanol–water partition coefficient (Wildman–Crippen LogP) is 2.85. The molecule has 0 aromatic heterocycles. The molecule has 3 heteroatoms. The van der Waals surface area contributed by atoms with Crippen LogP contribution in [0.4, 0.5) is 5.69 Å². The predicted molar refractivity (Wildman–Crippen MR) is 71.4 cm³/mol. The van der Waals surface area contributed by atoms with E-state index in [4.69, 9.17) is 0 Å². The first-order chi connectivity index (χ1) is 7.95. The van der Waals surface area contributed by atoms with Crippen molar-refractivity contribution in [3.8, 4) is 5.75 Å². The van der Waals surface area contributed by atoms with Gasteiger partial charge in [-0.25, -0.2) is 0 Å². The molecule has 3 nitrogen and oxygen atoms in total. The van der Waals surface area contributed by atoms with Gasteiger partial charge in [0.05, 0.1) is 6.10 Å². The molecule has 94 valence electrons. The third-order valence-corrected chi connectivity index (χ3v) is 2.67. The van der Waals surface area contributed by atoms with Crippen molar-refractivity contribution < 1.29 is 10.2 Å².